The summed E-state index contributed by atoms with van der Waals surface area (Å²) in [4.78, 5) is 12.3. The summed E-state index contributed by atoms with van der Waals surface area (Å²) < 4.78 is 0. The van der Waals surface area contributed by atoms with Gasteiger partial charge in [0, 0.05) is 18.7 Å². The fourth-order valence-corrected chi connectivity index (χ4v) is 3.30. The molecule has 3 rings (SSSR count). The van der Waals surface area contributed by atoms with E-state index in [1.165, 1.54) is 22.3 Å². The molecule has 0 aromatic heterocycles. The number of carbonyl (C=O) groups is 1. The van der Waals surface area contributed by atoms with Crippen LogP contribution in [-0.4, -0.2) is 36.2 Å². The van der Waals surface area contributed by atoms with Gasteiger partial charge in [-0.15, -0.1) is 0 Å². The molecule has 1 saturated heterocycles. The van der Waals surface area contributed by atoms with Gasteiger partial charge < -0.3 is 15.7 Å². The zero-order chi connectivity index (χ0) is 18.0. The molecule has 4 heteroatoms. The molecule has 0 saturated carbocycles. The van der Waals surface area contributed by atoms with Crippen LogP contribution in [0, 0.1) is 20.8 Å². The molecule has 0 bridgehead atoms. The Morgan fingerprint density at radius 3 is 2.44 bits per heavy atom. The van der Waals surface area contributed by atoms with E-state index in [9.17, 15) is 9.90 Å². The first kappa shape index (κ1) is 17.6. The van der Waals surface area contributed by atoms with Crippen LogP contribution in [0.1, 0.15) is 33.5 Å². The van der Waals surface area contributed by atoms with Gasteiger partial charge in [0.05, 0.1) is 5.60 Å². The minimum absolute atomic E-state index is 0.149. The fraction of sp³-hybridized carbons (Fsp3) is 0.381. The molecule has 2 aromatic carbocycles. The van der Waals surface area contributed by atoms with Crippen molar-refractivity contribution in [3.8, 4) is 11.1 Å². The summed E-state index contributed by atoms with van der Waals surface area (Å²) in [6.45, 7) is 7.93. The standard InChI is InChI=1S/C21H26N2O2/c1-14-10-16(3)19(11-15(14)2)17-4-6-18(7-5-17)20(24)23-13-21(25)8-9-22-12-21/h4-7,10-11,22,25H,8-9,12-13H2,1-3H3,(H,23,24)/t21-/m1/s1. The van der Waals surface area contributed by atoms with Crippen molar-refractivity contribution in [2.75, 3.05) is 19.6 Å². The summed E-state index contributed by atoms with van der Waals surface area (Å²) in [5, 5.41) is 16.2. The van der Waals surface area contributed by atoms with E-state index >= 15 is 0 Å². The quantitative estimate of drug-likeness (QED) is 0.803. The van der Waals surface area contributed by atoms with E-state index in [-0.39, 0.29) is 12.5 Å². The van der Waals surface area contributed by atoms with E-state index < -0.39 is 5.60 Å². The van der Waals surface area contributed by atoms with Crippen LogP contribution in [0.2, 0.25) is 0 Å². The molecule has 1 heterocycles. The van der Waals surface area contributed by atoms with Crippen molar-refractivity contribution in [2.24, 2.45) is 0 Å². The average Bonchev–Trinajstić information content (AvgIpc) is 3.03. The Hall–Kier alpha value is -2.17. The van der Waals surface area contributed by atoms with Gasteiger partial charge in [-0.3, -0.25) is 4.79 Å². The molecule has 4 nitrogen and oxygen atoms in total. The third-order valence-corrected chi connectivity index (χ3v) is 5.10. The van der Waals surface area contributed by atoms with E-state index in [1.807, 2.05) is 24.3 Å². The minimum atomic E-state index is -0.827. The predicted molar refractivity (Wildman–Crippen MR) is 101 cm³/mol. The Morgan fingerprint density at radius 1 is 1.12 bits per heavy atom. The van der Waals surface area contributed by atoms with E-state index in [0.717, 1.165) is 12.1 Å². The number of carbonyl (C=O) groups excluding carboxylic acids is 1. The number of β-amino-alcohol motifs (C(OH)–C–C–N with tert-alkyl or cyclic N) is 1. The molecule has 2 aromatic rings. The molecule has 0 radical (unpaired) electrons. The van der Waals surface area contributed by atoms with Crippen molar-refractivity contribution in [3.63, 3.8) is 0 Å². The molecule has 0 unspecified atom stereocenters. The highest BCUT2D eigenvalue weighted by Gasteiger charge is 2.31. The molecular formula is C21H26N2O2. The van der Waals surface area contributed by atoms with Gasteiger partial charge in [0.25, 0.3) is 5.91 Å². The largest absolute Gasteiger partial charge is 0.387 e. The van der Waals surface area contributed by atoms with Gasteiger partial charge in [0.2, 0.25) is 0 Å². The van der Waals surface area contributed by atoms with Crippen molar-refractivity contribution in [3.05, 3.63) is 58.7 Å². The van der Waals surface area contributed by atoms with E-state index in [2.05, 4.69) is 43.5 Å². The molecule has 3 N–H and O–H groups in total. The Balaban J connectivity index is 1.71. The van der Waals surface area contributed by atoms with Crippen molar-refractivity contribution in [2.45, 2.75) is 32.8 Å². The Kier molecular flexibility index (Phi) is 4.93. The second-order valence-corrected chi connectivity index (χ2v) is 7.16. The lowest BCUT2D eigenvalue weighted by Crippen LogP contribution is -2.44. The van der Waals surface area contributed by atoms with Crippen LogP contribution in [0.4, 0.5) is 0 Å². The first-order chi connectivity index (χ1) is 11.9. The molecule has 1 aliphatic rings. The molecular weight excluding hydrogens is 312 g/mol. The van der Waals surface area contributed by atoms with Crippen LogP contribution < -0.4 is 10.6 Å². The SMILES string of the molecule is Cc1cc(C)c(-c2ccc(C(=O)NC[C@@]3(O)CCNC3)cc2)cc1C. The van der Waals surface area contributed by atoms with E-state index in [4.69, 9.17) is 0 Å². The number of rotatable bonds is 4. The van der Waals surface area contributed by atoms with Crippen molar-refractivity contribution in [1.29, 1.82) is 0 Å². The molecule has 1 atom stereocenters. The lowest BCUT2D eigenvalue weighted by molar-refractivity contribution is 0.0562. The molecule has 0 spiro atoms. The number of nitrogens with one attached hydrogen (secondary N) is 2. The minimum Gasteiger partial charge on any atom is -0.387 e. The van der Waals surface area contributed by atoms with Crippen molar-refractivity contribution in [1.82, 2.24) is 10.6 Å². The number of amides is 1. The van der Waals surface area contributed by atoms with E-state index in [1.54, 1.807) is 0 Å². The molecule has 25 heavy (non-hydrogen) atoms. The molecule has 1 fully saturated rings. The maximum absolute atomic E-state index is 12.3. The van der Waals surface area contributed by atoms with Crippen LogP contribution >= 0.6 is 0 Å². The lowest BCUT2D eigenvalue weighted by atomic mass is 9.95. The maximum Gasteiger partial charge on any atom is 0.251 e. The second-order valence-electron chi connectivity index (χ2n) is 7.16. The Labute approximate surface area is 149 Å². The molecule has 1 amide bonds. The molecule has 132 valence electrons. The molecule has 1 aliphatic heterocycles. The summed E-state index contributed by atoms with van der Waals surface area (Å²) in [7, 11) is 0. The van der Waals surface area contributed by atoms with Crippen molar-refractivity contribution >= 4 is 5.91 Å². The zero-order valence-electron chi connectivity index (χ0n) is 15.1. The average molecular weight is 338 g/mol. The Bertz CT molecular complexity index is 775. The summed E-state index contributed by atoms with van der Waals surface area (Å²) >= 11 is 0. The van der Waals surface area contributed by atoms with Crippen LogP contribution in [0.15, 0.2) is 36.4 Å². The summed E-state index contributed by atoms with van der Waals surface area (Å²) in [6, 6.07) is 12.0. The number of aryl methyl sites for hydroxylation is 3. The number of hydrogen-bond acceptors (Lipinski definition) is 3. The van der Waals surface area contributed by atoms with E-state index in [0.29, 0.717) is 18.5 Å². The maximum atomic E-state index is 12.3. The van der Waals surface area contributed by atoms with Gasteiger partial charge in [-0.2, -0.15) is 0 Å². The predicted octanol–water partition coefficient (Wildman–Crippen LogP) is 2.73. The highest BCUT2D eigenvalue weighted by atomic mass is 16.3. The number of aliphatic hydroxyl groups is 1. The van der Waals surface area contributed by atoms with Gasteiger partial charge in [0.1, 0.15) is 0 Å². The van der Waals surface area contributed by atoms with Gasteiger partial charge in [0.15, 0.2) is 0 Å². The number of hydrogen-bond donors (Lipinski definition) is 3. The third kappa shape index (κ3) is 3.91. The third-order valence-electron chi connectivity index (χ3n) is 5.10. The highest BCUT2D eigenvalue weighted by molar-refractivity contribution is 5.94. The molecule has 0 aliphatic carbocycles. The summed E-state index contributed by atoms with van der Waals surface area (Å²) in [6.07, 6.45) is 0.665. The first-order valence-corrected chi connectivity index (χ1v) is 8.78. The van der Waals surface area contributed by atoms with Crippen LogP contribution in [0.3, 0.4) is 0 Å². The summed E-state index contributed by atoms with van der Waals surface area (Å²) in [5.41, 5.74) is 5.87. The van der Waals surface area contributed by atoms with Gasteiger partial charge in [-0.05, 0) is 73.7 Å². The highest BCUT2D eigenvalue weighted by Crippen LogP contribution is 2.26. The van der Waals surface area contributed by atoms with Gasteiger partial charge in [-0.25, -0.2) is 0 Å². The first-order valence-electron chi connectivity index (χ1n) is 8.78. The van der Waals surface area contributed by atoms with Crippen LogP contribution in [-0.2, 0) is 0 Å². The Morgan fingerprint density at radius 2 is 1.80 bits per heavy atom. The van der Waals surface area contributed by atoms with Gasteiger partial charge >= 0.3 is 0 Å². The number of benzene rings is 2. The zero-order valence-corrected chi connectivity index (χ0v) is 15.1. The smallest absolute Gasteiger partial charge is 0.251 e. The summed E-state index contributed by atoms with van der Waals surface area (Å²) in [5.74, 6) is -0.149. The van der Waals surface area contributed by atoms with Crippen LogP contribution in [0.5, 0.6) is 0 Å². The van der Waals surface area contributed by atoms with Crippen molar-refractivity contribution < 1.29 is 9.90 Å². The topological polar surface area (TPSA) is 61.4 Å². The monoisotopic (exact) mass is 338 g/mol. The lowest BCUT2D eigenvalue weighted by Gasteiger charge is -2.21. The van der Waals surface area contributed by atoms with Gasteiger partial charge in [-0.1, -0.05) is 24.3 Å². The normalized spacial score (nSPS) is 19.8. The fourth-order valence-electron chi connectivity index (χ4n) is 3.30. The van der Waals surface area contributed by atoms with Crippen LogP contribution in [0.25, 0.3) is 11.1 Å². The second kappa shape index (κ2) is 6.98.